The quantitative estimate of drug-likeness (QED) is 0.806. The van der Waals surface area contributed by atoms with E-state index in [0.717, 1.165) is 64.0 Å². The third-order valence-corrected chi connectivity index (χ3v) is 6.09. The molecule has 0 saturated carbocycles. The highest BCUT2D eigenvalue weighted by molar-refractivity contribution is 5.98. The van der Waals surface area contributed by atoms with Crippen molar-refractivity contribution in [3.63, 3.8) is 0 Å². The molecule has 4 rings (SSSR count). The van der Waals surface area contributed by atoms with Gasteiger partial charge in [0.25, 0.3) is 0 Å². The first-order valence-corrected chi connectivity index (χ1v) is 10.0. The summed E-state index contributed by atoms with van der Waals surface area (Å²) in [6.45, 7) is 3.64. The van der Waals surface area contributed by atoms with Crippen molar-refractivity contribution in [2.45, 2.75) is 32.1 Å². The monoisotopic (exact) mass is 366 g/mol. The van der Waals surface area contributed by atoms with Gasteiger partial charge in [-0.3, -0.25) is 4.79 Å². The zero-order chi connectivity index (χ0) is 18.7. The largest absolute Gasteiger partial charge is 0.312 e. The molecule has 142 valence electrons. The minimum absolute atomic E-state index is 0.227. The summed E-state index contributed by atoms with van der Waals surface area (Å²) in [6.07, 6.45) is 5.02. The third kappa shape index (κ3) is 3.91. The summed E-state index contributed by atoms with van der Waals surface area (Å²) in [6, 6.07) is 16.9. The van der Waals surface area contributed by atoms with E-state index in [2.05, 4.69) is 29.2 Å². The van der Waals surface area contributed by atoms with Crippen LogP contribution in [-0.2, 0) is 11.2 Å². The first-order chi connectivity index (χ1) is 13.2. The Morgan fingerprint density at radius 1 is 0.926 bits per heavy atom. The zero-order valence-electron chi connectivity index (χ0n) is 15.7. The molecule has 27 heavy (non-hydrogen) atoms. The molecule has 2 aliphatic rings. The van der Waals surface area contributed by atoms with Gasteiger partial charge in [0, 0.05) is 25.3 Å². The normalized spacial score (nSPS) is 23.7. The number of halogens is 1. The number of nitrogens with zero attached hydrogens (tertiary/aromatic N) is 2. The maximum atomic E-state index is 13.4. The number of piperidine rings is 2. The molecular weight excluding hydrogens is 339 g/mol. The topological polar surface area (TPSA) is 23.6 Å². The van der Waals surface area contributed by atoms with Crippen LogP contribution < -0.4 is 4.90 Å². The molecule has 1 spiro atoms. The molecule has 0 N–H and O–H groups in total. The first-order valence-electron chi connectivity index (χ1n) is 10.0. The average molecular weight is 366 g/mol. The Bertz CT molecular complexity index is 773. The van der Waals surface area contributed by atoms with Gasteiger partial charge in [0.1, 0.15) is 5.82 Å². The highest BCUT2D eigenvalue weighted by Gasteiger charge is 2.46. The molecular formula is C23H27FN2O. The molecule has 2 heterocycles. The summed E-state index contributed by atoms with van der Waals surface area (Å²) >= 11 is 0. The van der Waals surface area contributed by atoms with E-state index >= 15 is 0 Å². The Morgan fingerprint density at radius 3 is 2.37 bits per heavy atom. The second-order valence-electron chi connectivity index (χ2n) is 7.93. The van der Waals surface area contributed by atoms with Crippen molar-refractivity contribution in [1.82, 2.24) is 4.90 Å². The summed E-state index contributed by atoms with van der Waals surface area (Å²) in [7, 11) is 0. The maximum absolute atomic E-state index is 13.4. The van der Waals surface area contributed by atoms with E-state index in [9.17, 15) is 9.18 Å². The van der Waals surface area contributed by atoms with Crippen LogP contribution in [0.4, 0.5) is 10.1 Å². The first kappa shape index (κ1) is 18.2. The van der Waals surface area contributed by atoms with Crippen LogP contribution in [0.1, 0.15) is 31.2 Å². The van der Waals surface area contributed by atoms with Gasteiger partial charge >= 0.3 is 0 Å². The predicted molar refractivity (Wildman–Crippen MR) is 106 cm³/mol. The van der Waals surface area contributed by atoms with E-state index < -0.39 is 0 Å². The minimum Gasteiger partial charge on any atom is -0.312 e. The lowest BCUT2D eigenvalue weighted by Gasteiger charge is -2.47. The Kier molecular flexibility index (Phi) is 5.26. The molecule has 0 radical (unpaired) electrons. The van der Waals surface area contributed by atoms with Crippen molar-refractivity contribution < 1.29 is 9.18 Å². The number of rotatable bonds is 4. The standard InChI is InChI=1S/C23H27FN2O/c24-20-8-10-21(11-9-20)26-16-5-14-23(22(26)27)13-4-15-25(18-23)17-12-19-6-2-1-3-7-19/h1-3,6-11H,4-5,12-18H2. The minimum atomic E-state index is -0.276. The molecule has 0 aliphatic carbocycles. The fourth-order valence-corrected chi connectivity index (χ4v) is 4.67. The SMILES string of the molecule is O=C1N(c2ccc(F)cc2)CCCC12CCCN(CCc1ccccc1)C2. The van der Waals surface area contributed by atoms with Crippen molar-refractivity contribution in [2.24, 2.45) is 5.41 Å². The van der Waals surface area contributed by atoms with Gasteiger partial charge in [0.2, 0.25) is 5.91 Å². The second-order valence-corrected chi connectivity index (χ2v) is 7.93. The number of carbonyl (C=O) groups excluding carboxylic acids is 1. The Balaban J connectivity index is 1.46. The van der Waals surface area contributed by atoms with Gasteiger partial charge in [-0.25, -0.2) is 4.39 Å². The van der Waals surface area contributed by atoms with Gasteiger partial charge < -0.3 is 9.80 Å². The molecule has 2 aromatic rings. The fraction of sp³-hybridized carbons (Fsp3) is 0.435. The summed E-state index contributed by atoms with van der Waals surface area (Å²) in [5.74, 6) is -0.0348. The van der Waals surface area contributed by atoms with E-state index in [1.807, 2.05) is 11.0 Å². The van der Waals surface area contributed by atoms with Crippen molar-refractivity contribution in [2.75, 3.05) is 31.1 Å². The van der Waals surface area contributed by atoms with Gasteiger partial charge in [0.05, 0.1) is 5.41 Å². The van der Waals surface area contributed by atoms with Crippen LogP contribution in [0.5, 0.6) is 0 Å². The van der Waals surface area contributed by atoms with Crippen LogP contribution in [0.15, 0.2) is 54.6 Å². The van der Waals surface area contributed by atoms with Gasteiger partial charge in [-0.2, -0.15) is 0 Å². The number of amides is 1. The Morgan fingerprint density at radius 2 is 1.63 bits per heavy atom. The maximum Gasteiger partial charge on any atom is 0.234 e. The van der Waals surface area contributed by atoms with Crippen molar-refractivity contribution in [1.29, 1.82) is 0 Å². The molecule has 3 nitrogen and oxygen atoms in total. The molecule has 2 saturated heterocycles. The summed E-state index contributed by atoms with van der Waals surface area (Å²) in [4.78, 5) is 17.8. The predicted octanol–water partition coefficient (Wildman–Crippen LogP) is 4.28. The second kappa shape index (κ2) is 7.81. The van der Waals surface area contributed by atoms with Crippen molar-refractivity contribution >= 4 is 11.6 Å². The van der Waals surface area contributed by atoms with Crippen LogP contribution in [0.25, 0.3) is 0 Å². The molecule has 0 bridgehead atoms. The molecule has 2 aromatic carbocycles. The van der Waals surface area contributed by atoms with Crippen LogP contribution in [0, 0.1) is 11.2 Å². The van der Waals surface area contributed by atoms with Gasteiger partial charge in [-0.05, 0) is 68.5 Å². The third-order valence-electron chi connectivity index (χ3n) is 6.09. The summed E-state index contributed by atoms with van der Waals surface area (Å²) < 4.78 is 13.3. The number of anilines is 1. The van der Waals surface area contributed by atoms with Crippen LogP contribution in [0.3, 0.4) is 0 Å². The molecule has 4 heteroatoms. The Hall–Kier alpha value is -2.20. The summed E-state index contributed by atoms with van der Waals surface area (Å²) in [5, 5.41) is 0. The van der Waals surface area contributed by atoms with Crippen molar-refractivity contribution in [3.05, 3.63) is 66.0 Å². The van der Waals surface area contributed by atoms with Gasteiger partial charge in [-0.15, -0.1) is 0 Å². The van der Waals surface area contributed by atoms with E-state index in [1.54, 1.807) is 12.1 Å². The number of likely N-dealkylation sites (tertiary alicyclic amines) is 1. The number of hydrogen-bond acceptors (Lipinski definition) is 2. The Labute approximate surface area is 160 Å². The number of hydrogen-bond donors (Lipinski definition) is 0. The zero-order valence-corrected chi connectivity index (χ0v) is 15.7. The van der Waals surface area contributed by atoms with E-state index in [4.69, 9.17) is 0 Å². The highest BCUT2D eigenvalue weighted by Crippen LogP contribution is 2.41. The van der Waals surface area contributed by atoms with E-state index in [0.29, 0.717) is 0 Å². The molecule has 2 aliphatic heterocycles. The molecule has 2 fully saturated rings. The highest BCUT2D eigenvalue weighted by atomic mass is 19.1. The van der Waals surface area contributed by atoms with Crippen LogP contribution in [-0.4, -0.2) is 37.0 Å². The van der Waals surface area contributed by atoms with Crippen LogP contribution >= 0.6 is 0 Å². The molecule has 1 unspecified atom stereocenters. The molecule has 1 atom stereocenters. The fourth-order valence-electron chi connectivity index (χ4n) is 4.67. The van der Waals surface area contributed by atoms with Crippen molar-refractivity contribution in [3.8, 4) is 0 Å². The van der Waals surface area contributed by atoms with E-state index in [1.165, 1.54) is 17.7 Å². The molecule has 1 amide bonds. The molecule has 0 aromatic heterocycles. The lowest BCUT2D eigenvalue weighted by Crippen LogP contribution is -2.56. The summed E-state index contributed by atoms with van der Waals surface area (Å²) in [5.41, 5.74) is 1.89. The lowest BCUT2D eigenvalue weighted by molar-refractivity contribution is -0.134. The smallest absolute Gasteiger partial charge is 0.234 e. The lowest BCUT2D eigenvalue weighted by atomic mass is 9.72. The van der Waals surface area contributed by atoms with Gasteiger partial charge in [-0.1, -0.05) is 30.3 Å². The average Bonchev–Trinajstić information content (AvgIpc) is 2.71. The van der Waals surface area contributed by atoms with E-state index in [-0.39, 0.29) is 17.1 Å². The number of carbonyl (C=O) groups is 1. The van der Waals surface area contributed by atoms with Crippen LogP contribution in [0.2, 0.25) is 0 Å². The van der Waals surface area contributed by atoms with Gasteiger partial charge in [0.15, 0.2) is 0 Å². The number of benzene rings is 2.